The molecule has 0 N–H and O–H groups in total. The van der Waals surface area contributed by atoms with Gasteiger partial charge in [-0.05, 0) is 66.1 Å². The highest BCUT2D eigenvalue weighted by Crippen LogP contribution is 2.33. The molecular formula is C24H20BrIN2O4S2. The summed E-state index contributed by atoms with van der Waals surface area (Å²) < 4.78 is 15.1. The normalized spacial score (nSPS) is 15.6. The van der Waals surface area contributed by atoms with Gasteiger partial charge in [-0.3, -0.25) is 9.36 Å². The molecule has 0 unspecified atom stereocenters. The Labute approximate surface area is 226 Å². The summed E-state index contributed by atoms with van der Waals surface area (Å²) in [5.41, 5.74) is 1.48. The molecule has 0 spiro atoms. The summed E-state index contributed by atoms with van der Waals surface area (Å²) in [4.78, 5) is 32.6. The first-order chi connectivity index (χ1) is 16.3. The van der Waals surface area contributed by atoms with Gasteiger partial charge in [-0.2, -0.15) is 0 Å². The van der Waals surface area contributed by atoms with E-state index in [1.54, 1.807) is 24.5 Å². The van der Waals surface area contributed by atoms with Gasteiger partial charge >= 0.3 is 5.97 Å². The Morgan fingerprint density at radius 3 is 2.88 bits per heavy atom. The highest BCUT2D eigenvalue weighted by Gasteiger charge is 2.33. The molecule has 10 heteroatoms. The number of rotatable bonds is 7. The number of benzene rings is 1. The topological polar surface area (TPSA) is 69.9 Å². The lowest BCUT2D eigenvalue weighted by Crippen LogP contribution is -2.39. The zero-order valence-electron chi connectivity index (χ0n) is 18.3. The van der Waals surface area contributed by atoms with Crippen LogP contribution in [-0.2, 0) is 9.53 Å². The zero-order chi connectivity index (χ0) is 24.4. The first kappa shape index (κ1) is 25.1. The van der Waals surface area contributed by atoms with Crippen molar-refractivity contribution in [3.8, 4) is 5.75 Å². The summed E-state index contributed by atoms with van der Waals surface area (Å²) >= 11 is 8.51. The van der Waals surface area contributed by atoms with E-state index in [-0.39, 0.29) is 12.2 Å². The number of thiazole rings is 1. The van der Waals surface area contributed by atoms with E-state index in [0.29, 0.717) is 33.0 Å². The first-order valence-corrected chi connectivity index (χ1v) is 13.9. The van der Waals surface area contributed by atoms with Crippen LogP contribution in [0.2, 0.25) is 0 Å². The molecule has 0 fully saturated rings. The number of hydrogen-bond acceptors (Lipinski definition) is 7. The van der Waals surface area contributed by atoms with Gasteiger partial charge in [0.15, 0.2) is 4.80 Å². The molecule has 1 aromatic carbocycles. The molecule has 0 saturated heterocycles. The number of allylic oxidation sites excluding steroid dienone is 1. The van der Waals surface area contributed by atoms with Gasteiger partial charge in [0.1, 0.15) is 18.4 Å². The number of thiophene rings is 1. The Bertz CT molecular complexity index is 1470. The Morgan fingerprint density at radius 1 is 1.41 bits per heavy atom. The van der Waals surface area contributed by atoms with Crippen LogP contribution in [0.5, 0.6) is 5.75 Å². The van der Waals surface area contributed by atoms with Crippen LogP contribution in [0.25, 0.3) is 6.08 Å². The van der Waals surface area contributed by atoms with Crippen molar-refractivity contribution in [2.45, 2.75) is 19.9 Å². The van der Waals surface area contributed by atoms with Crippen LogP contribution in [0.3, 0.4) is 0 Å². The van der Waals surface area contributed by atoms with E-state index in [0.717, 1.165) is 18.5 Å². The molecule has 6 nitrogen and oxygen atoms in total. The second kappa shape index (κ2) is 10.7. The summed E-state index contributed by atoms with van der Waals surface area (Å²) in [6, 6.07) is 7.09. The highest BCUT2D eigenvalue weighted by molar-refractivity contribution is 14.1. The van der Waals surface area contributed by atoms with Gasteiger partial charge in [-0.15, -0.1) is 11.3 Å². The van der Waals surface area contributed by atoms with Crippen LogP contribution in [0.15, 0.2) is 67.8 Å². The lowest BCUT2D eigenvalue weighted by Gasteiger charge is -2.23. The maximum Gasteiger partial charge on any atom is 0.338 e. The smallest absolute Gasteiger partial charge is 0.338 e. The molecule has 0 aliphatic carbocycles. The molecule has 1 aliphatic rings. The predicted molar refractivity (Wildman–Crippen MR) is 147 cm³/mol. The van der Waals surface area contributed by atoms with E-state index in [9.17, 15) is 9.59 Å². The molecule has 1 atom stereocenters. The summed E-state index contributed by atoms with van der Waals surface area (Å²) in [5.74, 6) is 0.214. The molecule has 2 aromatic heterocycles. The van der Waals surface area contributed by atoms with E-state index >= 15 is 0 Å². The summed E-state index contributed by atoms with van der Waals surface area (Å²) in [5, 5.41) is 1.93. The molecule has 3 heterocycles. The van der Waals surface area contributed by atoms with Crippen molar-refractivity contribution in [3.63, 3.8) is 0 Å². The quantitative estimate of drug-likeness (QED) is 0.206. The van der Waals surface area contributed by atoms with Crippen LogP contribution in [0, 0.1) is 3.57 Å². The predicted octanol–water partition coefficient (Wildman–Crippen LogP) is 4.79. The number of halogens is 2. The number of hydrogen-bond donors (Lipinski definition) is 0. The molecule has 34 heavy (non-hydrogen) atoms. The average molecular weight is 671 g/mol. The highest BCUT2D eigenvalue weighted by atomic mass is 127. The van der Waals surface area contributed by atoms with Gasteiger partial charge in [-0.1, -0.05) is 46.0 Å². The Kier molecular flexibility index (Phi) is 7.90. The number of carbonyl (C=O) groups excluding carboxylic acids is 1. The largest absolute Gasteiger partial charge is 0.488 e. The lowest BCUT2D eigenvalue weighted by atomic mass is 10.0. The Morgan fingerprint density at radius 2 is 2.21 bits per heavy atom. The van der Waals surface area contributed by atoms with Gasteiger partial charge in [0.25, 0.3) is 5.56 Å². The maximum atomic E-state index is 13.7. The van der Waals surface area contributed by atoms with Gasteiger partial charge in [-0.25, -0.2) is 9.79 Å². The fraction of sp³-hybridized carbons (Fsp3) is 0.208. The minimum atomic E-state index is -0.586. The van der Waals surface area contributed by atoms with E-state index in [4.69, 9.17) is 9.47 Å². The van der Waals surface area contributed by atoms with Crippen molar-refractivity contribution in [3.05, 3.63) is 91.7 Å². The molecule has 1 aliphatic heterocycles. The minimum absolute atomic E-state index is 0.221. The number of esters is 1. The number of ether oxygens (including phenoxy) is 2. The molecule has 3 aromatic rings. The van der Waals surface area contributed by atoms with Crippen molar-refractivity contribution in [2.24, 2.45) is 4.99 Å². The number of nitrogens with zero attached hydrogens (tertiary/aromatic N) is 2. The van der Waals surface area contributed by atoms with Crippen molar-refractivity contribution in [1.29, 1.82) is 0 Å². The van der Waals surface area contributed by atoms with E-state index < -0.39 is 12.0 Å². The van der Waals surface area contributed by atoms with Gasteiger partial charge < -0.3 is 9.47 Å². The molecule has 176 valence electrons. The van der Waals surface area contributed by atoms with Crippen LogP contribution >= 0.6 is 61.2 Å². The third-order valence-electron chi connectivity index (χ3n) is 5.00. The Balaban J connectivity index is 1.94. The van der Waals surface area contributed by atoms with E-state index in [2.05, 4.69) is 50.1 Å². The monoisotopic (exact) mass is 670 g/mol. The first-order valence-electron chi connectivity index (χ1n) is 10.3. The molecule has 4 rings (SSSR count). The maximum absolute atomic E-state index is 13.7. The third-order valence-corrected chi connectivity index (χ3v) is 8.17. The van der Waals surface area contributed by atoms with Crippen molar-refractivity contribution in [2.75, 3.05) is 13.2 Å². The SMILES string of the molecule is C=CCOc1c(I)cc(Br)cc1/C=c1\sc2n(c1=O)[C@@H](c1cccs1)C(C(=O)OCC)=C(C)N=2. The molecule has 0 radical (unpaired) electrons. The van der Waals surface area contributed by atoms with Crippen LogP contribution in [-0.4, -0.2) is 23.8 Å². The molecule has 0 amide bonds. The van der Waals surface area contributed by atoms with Crippen LogP contribution in [0.1, 0.15) is 30.3 Å². The van der Waals surface area contributed by atoms with Gasteiger partial charge in [0.2, 0.25) is 0 Å². The fourth-order valence-electron chi connectivity index (χ4n) is 3.63. The third kappa shape index (κ3) is 4.86. The van der Waals surface area contributed by atoms with Crippen molar-refractivity contribution < 1.29 is 14.3 Å². The lowest BCUT2D eigenvalue weighted by molar-refractivity contribution is -0.139. The van der Waals surface area contributed by atoms with E-state index in [1.165, 1.54) is 22.7 Å². The van der Waals surface area contributed by atoms with Crippen LogP contribution < -0.4 is 19.6 Å². The number of aromatic nitrogens is 1. The Hall–Kier alpha value is -2.02. The average Bonchev–Trinajstić information content (AvgIpc) is 3.41. The van der Waals surface area contributed by atoms with Crippen LogP contribution in [0.4, 0.5) is 0 Å². The fourth-order valence-corrected chi connectivity index (χ4v) is 7.20. The number of carbonyl (C=O) groups is 1. The van der Waals surface area contributed by atoms with Gasteiger partial charge in [0.05, 0.1) is 26.0 Å². The van der Waals surface area contributed by atoms with Gasteiger partial charge in [0, 0.05) is 14.9 Å². The standard InChI is InChI=1S/C24H20BrIN2O4S2/c1-4-8-32-21-14(10-15(25)12-16(21)26)11-18-22(29)28-20(17-7-6-9-33-17)19(23(30)31-5-2)13(3)27-24(28)34-18/h4,6-7,9-12,20H,1,5,8H2,2-3H3/b18-11-/t20-/m0/s1. The summed E-state index contributed by atoms with van der Waals surface area (Å²) in [7, 11) is 0. The summed E-state index contributed by atoms with van der Waals surface area (Å²) in [6.45, 7) is 7.84. The zero-order valence-corrected chi connectivity index (χ0v) is 23.7. The second-order valence-electron chi connectivity index (χ2n) is 7.22. The van der Waals surface area contributed by atoms with Crippen molar-refractivity contribution >= 4 is 73.2 Å². The minimum Gasteiger partial charge on any atom is -0.488 e. The second-order valence-corrected chi connectivity index (χ2v) is 11.3. The number of fused-ring (bicyclic) bond motifs is 1. The summed E-state index contributed by atoms with van der Waals surface area (Å²) in [6.07, 6.45) is 3.49. The molecular weight excluding hydrogens is 651 g/mol. The van der Waals surface area contributed by atoms with Crippen molar-refractivity contribution in [1.82, 2.24) is 4.57 Å². The molecule has 0 bridgehead atoms. The molecule has 0 saturated carbocycles. The van der Waals surface area contributed by atoms with E-state index in [1.807, 2.05) is 35.7 Å².